The topological polar surface area (TPSA) is 77.5 Å². The Morgan fingerprint density at radius 3 is 2.61 bits per heavy atom. The minimum atomic E-state index is -3.53. The van der Waals surface area contributed by atoms with Crippen molar-refractivity contribution in [1.82, 2.24) is 19.4 Å². The third-order valence-electron chi connectivity index (χ3n) is 5.70. The lowest BCUT2D eigenvalue weighted by Crippen LogP contribution is -2.47. The smallest absolute Gasteiger partial charge is 0.243 e. The number of hydrogen-bond donors (Lipinski definition) is 1. The Labute approximate surface area is 204 Å². The third kappa shape index (κ3) is 7.01. The molecule has 31 heavy (non-hydrogen) atoms. The molecule has 1 unspecified atom stereocenters. The average Bonchev–Trinajstić information content (AvgIpc) is 3.24. The van der Waals surface area contributed by atoms with E-state index >= 15 is 0 Å². The molecule has 1 aromatic carbocycles. The van der Waals surface area contributed by atoms with E-state index in [0.717, 1.165) is 57.3 Å². The Bertz CT molecular complexity index is 822. The summed E-state index contributed by atoms with van der Waals surface area (Å²) in [5.74, 6) is 1.29. The first-order valence-corrected chi connectivity index (χ1v) is 12.2. The number of benzene rings is 1. The van der Waals surface area contributed by atoms with E-state index in [-0.39, 0.29) is 24.0 Å². The molecule has 0 saturated carbocycles. The highest BCUT2D eigenvalue weighted by Gasteiger charge is 2.29. The van der Waals surface area contributed by atoms with Crippen LogP contribution >= 0.6 is 24.0 Å². The van der Waals surface area contributed by atoms with Gasteiger partial charge >= 0.3 is 0 Å². The van der Waals surface area contributed by atoms with E-state index in [2.05, 4.69) is 15.1 Å². The first-order chi connectivity index (χ1) is 14.4. The van der Waals surface area contributed by atoms with Gasteiger partial charge in [0.05, 0.1) is 18.0 Å². The molecule has 1 atom stereocenters. The highest BCUT2D eigenvalue weighted by Crippen LogP contribution is 2.22. The molecule has 2 fully saturated rings. The minimum Gasteiger partial charge on any atom is -0.381 e. The molecule has 0 amide bonds. The predicted molar refractivity (Wildman–Crippen MR) is 134 cm³/mol. The van der Waals surface area contributed by atoms with Crippen molar-refractivity contribution in [2.45, 2.75) is 24.8 Å². The molecule has 0 radical (unpaired) electrons. The lowest BCUT2D eigenvalue weighted by atomic mass is 10.1. The van der Waals surface area contributed by atoms with Crippen LogP contribution in [0, 0.1) is 5.92 Å². The summed E-state index contributed by atoms with van der Waals surface area (Å²) in [6.45, 7) is 8.12. The molecule has 8 nitrogen and oxygen atoms in total. The van der Waals surface area contributed by atoms with Gasteiger partial charge in [0, 0.05) is 58.8 Å². The molecule has 2 aliphatic heterocycles. The Morgan fingerprint density at radius 2 is 1.97 bits per heavy atom. The summed E-state index contributed by atoms with van der Waals surface area (Å²) in [5.41, 5.74) is 0.726. The summed E-state index contributed by atoms with van der Waals surface area (Å²) >= 11 is 0. The van der Waals surface area contributed by atoms with Gasteiger partial charge in [0.15, 0.2) is 5.96 Å². The Hall–Kier alpha value is -0.950. The zero-order chi connectivity index (χ0) is 21.6. The number of nitrogens with zero attached hydrogens (tertiary/aromatic N) is 4. The highest BCUT2D eigenvalue weighted by atomic mass is 127. The van der Waals surface area contributed by atoms with E-state index < -0.39 is 10.0 Å². The van der Waals surface area contributed by atoms with Gasteiger partial charge < -0.3 is 19.9 Å². The van der Waals surface area contributed by atoms with Crippen molar-refractivity contribution >= 4 is 40.0 Å². The second-order valence-electron chi connectivity index (χ2n) is 8.10. The molecule has 0 aromatic heterocycles. The van der Waals surface area contributed by atoms with Crippen molar-refractivity contribution in [3.63, 3.8) is 0 Å². The van der Waals surface area contributed by atoms with Crippen LogP contribution in [0.1, 0.15) is 18.9 Å². The molecule has 0 bridgehead atoms. The number of aliphatic imine (C=N–C) groups is 1. The quantitative estimate of drug-likeness (QED) is 0.308. The molecule has 1 aromatic rings. The van der Waals surface area contributed by atoms with Gasteiger partial charge in [-0.2, -0.15) is 4.31 Å². The summed E-state index contributed by atoms with van der Waals surface area (Å²) in [7, 11) is 0.509. The van der Waals surface area contributed by atoms with Crippen LogP contribution in [0.3, 0.4) is 0 Å². The lowest BCUT2D eigenvalue weighted by Gasteiger charge is -2.32. The van der Waals surface area contributed by atoms with Crippen LogP contribution in [-0.2, 0) is 21.3 Å². The van der Waals surface area contributed by atoms with Gasteiger partial charge in [-0.25, -0.2) is 13.4 Å². The zero-order valence-electron chi connectivity index (χ0n) is 18.8. The fourth-order valence-electron chi connectivity index (χ4n) is 3.88. The van der Waals surface area contributed by atoms with Gasteiger partial charge in [0.1, 0.15) is 0 Å². The second-order valence-corrected chi connectivity index (χ2v) is 10.0. The maximum atomic E-state index is 13.3. The maximum absolute atomic E-state index is 13.3. The zero-order valence-corrected chi connectivity index (χ0v) is 21.9. The SMILES string of the molecule is CCNC(=NCc1ccccc1S(=O)(=O)N1CCN(C)CC1)N(C)CC1CCOC1.I. The maximum Gasteiger partial charge on any atom is 0.243 e. The molecule has 1 N–H and O–H groups in total. The molecule has 10 heteroatoms. The lowest BCUT2D eigenvalue weighted by molar-refractivity contribution is 0.181. The van der Waals surface area contributed by atoms with Crippen molar-refractivity contribution in [2.24, 2.45) is 10.9 Å². The van der Waals surface area contributed by atoms with Crippen LogP contribution in [0.5, 0.6) is 0 Å². The van der Waals surface area contributed by atoms with Gasteiger partial charge in [-0.05, 0) is 32.0 Å². The monoisotopic (exact) mass is 565 g/mol. The van der Waals surface area contributed by atoms with E-state index in [1.165, 1.54) is 0 Å². The molecule has 176 valence electrons. The summed E-state index contributed by atoms with van der Waals surface area (Å²) in [5, 5.41) is 3.32. The number of hydrogen-bond acceptors (Lipinski definition) is 5. The molecule has 2 aliphatic rings. The third-order valence-corrected chi connectivity index (χ3v) is 7.70. The highest BCUT2D eigenvalue weighted by molar-refractivity contribution is 14.0. The number of ether oxygens (including phenoxy) is 1. The number of rotatable bonds is 7. The van der Waals surface area contributed by atoms with Gasteiger partial charge in [0.2, 0.25) is 10.0 Å². The fraction of sp³-hybridized carbons (Fsp3) is 0.667. The van der Waals surface area contributed by atoms with Crippen molar-refractivity contribution in [3.05, 3.63) is 29.8 Å². The van der Waals surface area contributed by atoms with E-state index in [0.29, 0.717) is 30.4 Å². The summed E-state index contributed by atoms with van der Waals surface area (Å²) in [6.07, 6.45) is 1.07. The number of likely N-dealkylation sites (N-methyl/N-ethyl adjacent to an activating group) is 1. The van der Waals surface area contributed by atoms with E-state index in [1.54, 1.807) is 16.4 Å². The predicted octanol–water partition coefficient (Wildman–Crippen LogP) is 1.67. The molecule has 0 aliphatic carbocycles. The van der Waals surface area contributed by atoms with Crippen molar-refractivity contribution in [3.8, 4) is 0 Å². The molecule has 3 rings (SSSR count). The minimum absolute atomic E-state index is 0. The van der Waals surface area contributed by atoms with Gasteiger partial charge in [-0.3, -0.25) is 0 Å². The largest absolute Gasteiger partial charge is 0.381 e. The van der Waals surface area contributed by atoms with Crippen LogP contribution in [-0.4, -0.2) is 95.1 Å². The van der Waals surface area contributed by atoms with E-state index in [4.69, 9.17) is 9.73 Å². The normalized spacial score (nSPS) is 21.0. The fourth-order valence-corrected chi connectivity index (χ4v) is 5.52. The van der Waals surface area contributed by atoms with Gasteiger partial charge in [0.25, 0.3) is 0 Å². The summed E-state index contributed by atoms with van der Waals surface area (Å²) in [6, 6.07) is 7.22. The Morgan fingerprint density at radius 1 is 1.26 bits per heavy atom. The first kappa shape index (κ1) is 26.3. The van der Waals surface area contributed by atoms with E-state index in [9.17, 15) is 8.42 Å². The van der Waals surface area contributed by atoms with Crippen LogP contribution < -0.4 is 5.32 Å². The molecule has 2 saturated heterocycles. The Balaban J connectivity index is 0.00000341. The molecular formula is C21H36IN5O3S. The van der Waals surface area contributed by atoms with E-state index in [1.807, 2.05) is 33.2 Å². The van der Waals surface area contributed by atoms with Crippen molar-refractivity contribution in [2.75, 3.05) is 66.6 Å². The van der Waals surface area contributed by atoms with Crippen LogP contribution in [0.2, 0.25) is 0 Å². The van der Waals surface area contributed by atoms with Crippen molar-refractivity contribution in [1.29, 1.82) is 0 Å². The summed E-state index contributed by atoms with van der Waals surface area (Å²) in [4.78, 5) is 9.38. The van der Waals surface area contributed by atoms with Crippen LogP contribution in [0.15, 0.2) is 34.2 Å². The summed E-state index contributed by atoms with van der Waals surface area (Å²) < 4.78 is 33.6. The number of piperazine rings is 1. The number of sulfonamides is 1. The molecular weight excluding hydrogens is 529 g/mol. The number of nitrogens with one attached hydrogen (secondary N) is 1. The van der Waals surface area contributed by atoms with Gasteiger partial charge in [-0.1, -0.05) is 18.2 Å². The number of halogens is 1. The number of guanidine groups is 1. The van der Waals surface area contributed by atoms with Crippen LogP contribution in [0.25, 0.3) is 0 Å². The average molecular weight is 566 g/mol. The molecule has 2 heterocycles. The van der Waals surface area contributed by atoms with Crippen molar-refractivity contribution < 1.29 is 13.2 Å². The molecule has 0 spiro atoms. The van der Waals surface area contributed by atoms with Gasteiger partial charge in [-0.15, -0.1) is 24.0 Å². The second kappa shape index (κ2) is 12.3. The standard InChI is InChI=1S/C21H35N5O3S.HI/c1-4-22-21(25(3)16-18-9-14-29-17-18)23-15-19-7-5-6-8-20(19)30(27,28)26-12-10-24(2)11-13-26;/h5-8,18H,4,9-17H2,1-3H3,(H,22,23);1H. The Kier molecular flexibility index (Phi) is 10.5. The van der Waals surface area contributed by atoms with Crippen LogP contribution in [0.4, 0.5) is 0 Å². The first-order valence-electron chi connectivity index (χ1n) is 10.8.